The number of hydrogen-bond acceptors (Lipinski definition) is 6. The smallest absolute Gasteiger partial charge is 0.288 e. The summed E-state index contributed by atoms with van der Waals surface area (Å²) in [5.74, 6) is -2.65. The molecule has 1 heterocycles. The molecule has 0 bridgehead atoms. The Bertz CT molecular complexity index is 734. The molecule has 6 nitrogen and oxygen atoms in total. The summed E-state index contributed by atoms with van der Waals surface area (Å²) in [4.78, 5) is 12.9. The Morgan fingerprint density at radius 2 is 1.92 bits per heavy atom. The van der Waals surface area contributed by atoms with Crippen LogP contribution in [-0.2, 0) is 4.79 Å². The maximum absolute atomic E-state index is 12.4. The molecule has 1 aliphatic carbocycles. The lowest BCUT2D eigenvalue weighted by molar-refractivity contribution is -0.115. The summed E-state index contributed by atoms with van der Waals surface area (Å²) in [5, 5.41) is 14.9. The molecule has 0 radical (unpaired) electrons. The summed E-state index contributed by atoms with van der Waals surface area (Å²) >= 11 is 1.79. The average Bonchev–Trinajstić information content (AvgIpc) is 3.27. The highest BCUT2D eigenvalue weighted by Gasteiger charge is 2.24. The number of aromatic nitrogens is 4. The number of amides is 1. The van der Waals surface area contributed by atoms with E-state index in [1.165, 1.54) is 24.6 Å². The molecule has 2 aromatic rings. The molecule has 0 spiro atoms. The first-order valence-electron chi connectivity index (χ1n) is 8.33. The van der Waals surface area contributed by atoms with Crippen LogP contribution in [0.1, 0.15) is 38.6 Å². The van der Waals surface area contributed by atoms with E-state index in [2.05, 4.69) is 20.8 Å². The van der Waals surface area contributed by atoms with Gasteiger partial charge < -0.3 is 5.32 Å². The van der Waals surface area contributed by atoms with Crippen molar-refractivity contribution in [3.8, 4) is 0 Å². The van der Waals surface area contributed by atoms with Gasteiger partial charge in [-0.15, -0.1) is 5.10 Å². The number of benzene rings is 1. The Balaban J connectivity index is 1.57. The van der Waals surface area contributed by atoms with Gasteiger partial charge in [-0.1, -0.05) is 36.4 Å². The van der Waals surface area contributed by atoms with E-state index in [0.29, 0.717) is 33.5 Å². The van der Waals surface area contributed by atoms with Crippen LogP contribution < -0.4 is 5.32 Å². The molecule has 0 saturated heterocycles. The lowest BCUT2D eigenvalue weighted by Gasteiger charge is -2.14. The van der Waals surface area contributed by atoms with Gasteiger partial charge in [0, 0.05) is 10.6 Å². The molecular weight excluding hydrogens is 380 g/mol. The molecule has 1 aliphatic rings. The van der Waals surface area contributed by atoms with Gasteiger partial charge in [0.25, 0.3) is 5.76 Å². The van der Waals surface area contributed by atoms with Crippen molar-refractivity contribution in [3.05, 3.63) is 24.3 Å². The quantitative estimate of drug-likeness (QED) is 0.703. The summed E-state index contributed by atoms with van der Waals surface area (Å²) in [6, 6.07) is 6.66. The third-order valence-electron chi connectivity index (χ3n) is 4.13. The Labute approximate surface area is 158 Å². The maximum Gasteiger partial charge on any atom is 0.288 e. The predicted molar refractivity (Wildman–Crippen MR) is 97.6 cm³/mol. The number of nitrogens with one attached hydrogen (secondary N) is 1. The number of anilines is 1. The minimum atomic E-state index is -2.46. The van der Waals surface area contributed by atoms with Crippen LogP contribution in [0.25, 0.3) is 0 Å². The number of hydrogen-bond donors (Lipinski definition) is 1. The normalized spacial score (nSPS) is 16.2. The van der Waals surface area contributed by atoms with E-state index in [9.17, 15) is 13.6 Å². The van der Waals surface area contributed by atoms with Crippen molar-refractivity contribution in [2.24, 2.45) is 0 Å². The van der Waals surface area contributed by atoms with Crippen molar-refractivity contribution in [3.63, 3.8) is 0 Å². The van der Waals surface area contributed by atoms with Gasteiger partial charge in [0.1, 0.15) is 0 Å². The number of carbonyl (C=O) groups excluding carboxylic acids is 1. The summed E-state index contributed by atoms with van der Waals surface area (Å²) in [5.41, 5.74) is 0.566. The van der Waals surface area contributed by atoms with Gasteiger partial charge >= 0.3 is 0 Å². The fourth-order valence-corrected chi connectivity index (χ4v) is 4.17. The van der Waals surface area contributed by atoms with Crippen molar-refractivity contribution >= 4 is 35.1 Å². The van der Waals surface area contributed by atoms with Gasteiger partial charge in [0.2, 0.25) is 11.1 Å². The van der Waals surface area contributed by atoms with Crippen molar-refractivity contribution in [1.29, 1.82) is 0 Å². The van der Waals surface area contributed by atoms with Crippen molar-refractivity contribution in [1.82, 2.24) is 20.2 Å². The summed E-state index contributed by atoms with van der Waals surface area (Å²) in [7, 11) is 0. The van der Waals surface area contributed by atoms with Crippen LogP contribution in [0, 0.1) is 0 Å². The highest BCUT2D eigenvalue weighted by Crippen LogP contribution is 2.32. The lowest BCUT2D eigenvalue weighted by atomic mass is 10.3. The number of alkyl halides is 2. The number of carbonyl (C=O) groups is 1. The zero-order valence-corrected chi connectivity index (χ0v) is 15.8. The largest absolute Gasteiger partial charge is 0.325 e. The molecular formula is C16H19F2N5OS2. The zero-order chi connectivity index (χ0) is 18.5. The standard InChI is InChI=1S/C16H19F2N5OS2/c1-10(25-16-20-21-22-23(16)12-4-2-3-5-12)14(24)19-11-6-8-13(9-7-11)26-15(17)18/h6-10,12,15H,2-5H2,1H3,(H,19,24). The highest BCUT2D eigenvalue weighted by molar-refractivity contribution is 8.00. The van der Waals surface area contributed by atoms with Crippen LogP contribution >= 0.6 is 23.5 Å². The zero-order valence-electron chi connectivity index (χ0n) is 14.1. The number of halogens is 2. The monoisotopic (exact) mass is 399 g/mol. The topological polar surface area (TPSA) is 72.7 Å². The van der Waals surface area contributed by atoms with E-state index in [1.54, 1.807) is 31.2 Å². The van der Waals surface area contributed by atoms with E-state index in [1.807, 2.05) is 4.68 Å². The Morgan fingerprint density at radius 3 is 2.58 bits per heavy atom. The fraction of sp³-hybridized carbons (Fsp3) is 0.500. The minimum absolute atomic E-state index is 0.190. The molecule has 1 aromatic heterocycles. The van der Waals surface area contributed by atoms with Crippen LogP contribution in [0.15, 0.2) is 34.3 Å². The molecule has 1 aromatic carbocycles. The molecule has 1 unspecified atom stereocenters. The molecule has 10 heteroatoms. The van der Waals surface area contributed by atoms with Gasteiger partial charge in [-0.2, -0.15) is 8.78 Å². The van der Waals surface area contributed by atoms with E-state index in [0.717, 1.165) is 12.8 Å². The van der Waals surface area contributed by atoms with Crippen molar-refractivity contribution in [2.75, 3.05) is 5.32 Å². The number of thioether (sulfide) groups is 2. The Kier molecular flexibility index (Phi) is 6.47. The minimum Gasteiger partial charge on any atom is -0.325 e. The van der Waals surface area contributed by atoms with Crippen LogP contribution in [-0.4, -0.2) is 37.1 Å². The molecule has 1 atom stereocenters. The summed E-state index contributed by atoms with van der Waals surface area (Å²) in [6.07, 6.45) is 4.46. The maximum atomic E-state index is 12.4. The third kappa shape index (κ3) is 4.94. The van der Waals surface area contributed by atoms with Crippen molar-refractivity contribution in [2.45, 2.75) is 59.7 Å². The molecule has 1 N–H and O–H groups in total. The van der Waals surface area contributed by atoms with E-state index in [-0.39, 0.29) is 5.91 Å². The van der Waals surface area contributed by atoms with Crippen LogP contribution in [0.2, 0.25) is 0 Å². The van der Waals surface area contributed by atoms with Gasteiger partial charge in [-0.3, -0.25) is 4.79 Å². The second-order valence-electron chi connectivity index (χ2n) is 6.00. The number of rotatable bonds is 7. The van der Waals surface area contributed by atoms with Crippen LogP contribution in [0.5, 0.6) is 0 Å². The number of nitrogens with zero attached hydrogens (tertiary/aromatic N) is 4. The van der Waals surface area contributed by atoms with Crippen molar-refractivity contribution < 1.29 is 13.6 Å². The molecule has 140 valence electrons. The van der Waals surface area contributed by atoms with Gasteiger partial charge in [0.15, 0.2) is 0 Å². The van der Waals surface area contributed by atoms with E-state index in [4.69, 9.17) is 0 Å². The molecule has 1 saturated carbocycles. The summed E-state index contributed by atoms with van der Waals surface area (Å²) < 4.78 is 26.5. The lowest BCUT2D eigenvalue weighted by Crippen LogP contribution is -2.23. The summed E-state index contributed by atoms with van der Waals surface area (Å²) in [6.45, 7) is 1.79. The van der Waals surface area contributed by atoms with Gasteiger partial charge in [-0.05, 0) is 54.5 Å². The first kappa shape index (κ1) is 19.1. The first-order chi connectivity index (χ1) is 12.5. The number of tetrazole rings is 1. The predicted octanol–water partition coefficient (Wildman–Crippen LogP) is 4.22. The third-order valence-corrected chi connectivity index (χ3v) is 5.90. The molecule has 3 rings (SSSR count). The second-order valence-corrected chi connectivity index (χ2v) is 8.37. The highest BCUT2D eigenvalue weighted by atomic mass is 32.2. The van der Waals surface area contributed by atoms with Gasteiger partial charge in [0.05, 0.1) is 11.3 Å². The molecule has 1 fully saturated rings. The molecule has 26 heavy (non-hydrogen) atoms. The Hall–Kier alpha value is -1.68. The van der Waals surface area contributed by atoms with E-state index >= 15 is 0 Å². The molecule has 1 amide bonds. The first-order valence-corrected chi connectivity index (χ1v) is 10.1. The van der Waals surface area contributed by atoms with E-state index < -0.39 is 11.0 Å². The fourth-order valence-electron chi connectivity index (χ4n) is 2.82. The SMILES string of the molecule is CC(Sc1nnnn1C1CCCC1)C(=O)Nc1ccc(SC(F)F)cc1. The Morgan fingerprint density at radius 1 is 1.23 bits per heavy atom. The van der Waals surface area contributed by atoms with Crippen LogP contribution in [0.4, 0.5) is 14.5 Å². The average molecular weight is 399 g/mol. The second kappa shape index (κ2) is 8.81. The molecule has 0 aliphatic heterocycles. The van der Waals surface area contributed by atoms with Crippen LogP contribution in [0.3, 0.4) is 0 Å². The van der Waals surface area contributed by atoms with Gasteiger partial charge in [-0.25, -0.2) is 4.68 Å².